The van der Waals surface area contributed by atoms with E-state index >= 15 is 0 Å². The predicted molar refractivity (Wildman–Crippen MR) is 52.5 cm³/mol. The van der Waals surface area contributed by atoms with Gasteiger partial charge >= 0.3 is 0 Å². The highest BCUT2D eigenvalue weighted by atomic mass is 16.3. The van der Waals surface area contributed by atoms with E-state index in [0.717, 1.165) is 38.3 Å². The molecule has 76 valence electrons. The highest BCUT2D eigenvalue weighted by Crippen LogP contribution is 2.11. The van der Waals surface area contributed by atoms with Gasteiger partial charge in [-0.15, -0.1) is 0 Å². The lowest BCUT2D eigenvalue weighted by molar-refractivity contribution is 0.0655. The minimum atomic E-state index is -0.174. The van der Waals surface area contributed by atoms with Gasteiger partial charge in [-0.3, -0.25) is 4.90 Å². The van der Waals surface area contributed by atoms with Gasteiger partial charge in [0, 0.05) is 18.9 Å². The fraction of sp³-hybridized carbons (Fsp3) is 0.600. The van der Waals surface area contributed by atoms with E-state index in [2.05, 4.69) is 14.9 Å². The van der Waals surface area contributed by atoms with Gasteiger partial charge in [-0.2, -0.15) is 0 Å². The molecule has 14 heavy (non-hydrogen) atoms. The van der Waals surface area contributed by atoms with Crippen molar-refractivity contribution in [3.63, 3.8) is 0 Å². The maximum atomic E-state index is 9.48. The quantitative estimate of drug-likeness (QED) is 0.740. The lowest BCUT2D eigenvalue weighted by Gasteiger charge is -2.29. The average Bonchev–Trinajstić information content (AvgIpc) is 2.19. The van der Waals surface area contributed by atoms with Gasteiger partial charge in [0.1, 0.15) is 5.82 Å². The van der Waals surface area contributed by atoms with Crippen molar-refractivity contribution < 1.29 is 5.11 Å². The molecule has 2 rings (SSSR count). The molecule has 2 heterocycles. The summed E-state index contributed by atoms with van der Waals surface area (Å²) in [6, 6.07) is 1.81. The summed E-state index contributed by atoms with van der Waals surface area (Å²) in [6.07, 6.45) is 5.32. The van der Waals surface area contributed by atoms with Crippen LogP contribution in [0.4, 0.5) is 0 Å². The average molecular weight is 193 g/mol. The summed E-state index contributed by atoms with van der Waals surface area (Å²) >= 11 is 0. The molecule has 0 amide bonds. The third kappa shape index (κ3) is 2.49. The molecule has 0 aromatic carbocycles. The lowest BCUT2D eigenvalue weighted by Crippen LogP contribution is -2.38. The molecule has 1 aliphatic heterocycles. The van der Waals surface area contributed by atoms with Crippen LogP contribution in [0.25, 0.3) is 0 Å². The summed E-state index contributed by atoms with van der Waals surface area (Å²) in [6.45, 7) is 2.53. The Balaban J connectivity index is 1.91. The van der Waals surface area contributed by atoms with E-state index in [1.807, 2.05) is 6.07 Å². The third-order valence-electron chi connectivity index (χ3n) is 2.46. The first kappa shape index (κ1) is 9.55. The minimum Gasteiger partial charge on any atom is -0.392 e. The standard InChI is InChI=1S/C10H15N3O/c14-9-3-1-6-13(7-9)8-10-11-4-2-5-12-10/h2,4-5,9,14H,1,3,6-8H2/t9-/m0/s1. The van der Waals surface area contributed by atoms with E-state index in [9.17, 15) is 5.11 Å². The largest absolute Gasteiger partial charge is 0.392 e. The Kier molecular flexibility index (Phi) is 3.06. The molecular weight excluding hydrogens is 178 g/mol. The Morgan fingerprint density at radius 1 is 1.43 bits per heavy atom. The SMILES string of the molecule is O[C@H]1CCCN(Cc2ncccn2)C1. The van der Waals surface area contributed by atoms with E-state index < -0.39 is 0 Å². The Bertz CT molecular complexity index is 278. The molecule has 0 spiro atoms. The van der Waals surface area contributed by atoms with Crippen LogP contribution in [0.15, 0.2) is 18.5 Å². The van der Waals surface area contributed by atoms with E-state index in [0.29, 0.717) is 0 Å². The third-order valence-corrected chi connectivity index (χ3v) is 2.46. The number of rotatable bonds is 2. The molecule has 1 aliphatic rings. The van der Waals surface area contributed by atoms with Crippen molar-refractivity contribution in [3.05, 3.63) is 24.3 Å². The number of hydrogen-bond donors (Lipinski definition) is 1. The van der Waals surface area contributed by atoms with Crippen molar-refractivity contribution in [2.75, 3.05) is 13.1 Å². The molecule has 1 atom stereocenters. The maximum absolute atomic E-state index is 9.48. The summed E-state index contributed by atoms with van der Waals surface area (Å²) in [5.41, 5.74) is 0. The summed E-state index contributed by atoms with van der Waals surface area (Å²) in [4.78, 5) is 10.5. The lowest BCUT2D eigenvalue weighted by atomic mass is 10.1. The van der Waals surface area contributed by atoms with Gasteiger partial charge in [-0.25, -0.2) is 9.97 Å². The van der Waals surface area contributed by atoms with Crippen molar-refractivity contribution in [3.8, 4) is 0 Å². The topological polar surface area (TPSA) is 49.2 Å². The zero-order chi connectivity index (χ0) is 9.80. The van der Waals surface area contributed by atoms with Crippen molar-refractivity contribution >= 4 is 0 Å². The van der Waals surface area contributed by atoms with Crippen LogP contribution in [0.5, 0.6) is 0 Å². The van der Waals surface area contributed by atoms with Gasteiger partial charge in [0.05, 0.1) is 12.6 Å². The van der Waals surface area contributed by atoms with E-state index in [1.54, 1.807) is 12.4 Å². The molecule has 4 heteroatoms. The molecule has 1 N–H and O–H groups in total. The molecule has 1 aromatic rings. The normalized spacial score (nSPS) is 23.6. The number of aromatic nitrogens is 2. The van der Waals surface area contributed by atoms with Gasteiger partial charge < -0.3 is 5.11 Å². The molecule has 0 saturated carbocycles. The molecule has 4 nitrogen and oxygen atoms in total. The smallest absolute Gasteiger partial charge is 0.142 e. The number of hydrogen-bond acceptors (Lipinski definition) is 4. The summed E-state index contributed by atoms with van der Waals surface area (Å²) in [5, 5.41) is 9.48. The monoisotopic (exact) mass is 193 g/mol. The maximum Gasteiger partial charge on any atom is 0.142 e. The zero-order valence-corrected chi connectivity index (χ0v) is 8.13. The highest BCUT2D eigenvalue weighted by molar-refractivity contribution is 4.89. The highest BCUT2D eigenvalue weighted by Gasteiger charge is 2.17. The van der Waals surface area contributed by atoms with Crippen LogP contribution in [0.1, 0.15) is 18.7 Å². The zero-order valence-electron chi connectivity index (χ0n) is 8.13. The van der Waals surface area contributed by atoms with E-state index in [4.69, 9.17) is 0 Å². The summed E-state index contributed by atoms with van der Waals surface area (Å²) < 4.78 is 0. The van der Waals surface area contributed by atoms with Gasteiger partial charge in [0.2, 0.25) is 0 Å². The molecule has 0 aliphatic carbocycles. The first-order valence-electron chi connectivity index (χ1n) is 5.01. The number of aliphatic hydroxyl groups is 1. The Morgan fingerprint density at radius 2 is 2.21 bits per heavy atom. The van der Waals surface area contributed by atoms with Gasteiger partial charge in [-0.05, 0) is 25.5 Å². The predicted octanol–water partition coefficient (Wildman–Crippen LogP) is 0.433. The van der Waals surface area contributed by atoms with Crippen molar-refractivity contribution in [2.24, 2.45) is 0 Å². The molecule has 0 radical (unpaired) electrons. The molecule has 1 fully saturated rings. The first-order valence-corrected chi connectivity index (χ1v) is 5.01. The number of piperidine rings is 1. The van der Waals surface area contributed by atoms with Crippen LogP contribution < -0.4 is 0 Å². The van der Waals surface area contributed by atoms with Gasteiger partial charge in [0.25, 0.3) is 0 Å². The second-order valence-electron chi connectivity index (χ2n) is 3.70. The van der Waals surface area contributed by atoms with Crippen LogP contribution in [0.2, 0.25) is 0 Å². The molecular formula is C10H15N3O. The van der Waals surface area contributed by atoms with Crippen LogP contribution >= 0.6 is 0 Å². The van der Waals surface area contributed by atoms with Crippen LogP contribution in [0, 0.1) is 0 Å². The summed E-state index contributed by atoms with van der Waals surface area (Å²) in [7, 11) is 0. The molecule has 1 saturated heterocycles. The second-order valence-corrected chi connectivity index (χ2v) is 3.70. The number of aliphatic hydroxyl groups excluding tert-OH is 1. The Morgan fingerprint density at radius 3 is 2.93 bits per heavy atom. The van der Waals surface area contributed by atoms with Crippen LogP contribution in [0.3, 0.4) is 0 Å². The summed E-state index contributed by atoms with van der Waals surface area (Å²) in [5.74, 6) is 0.835. The van der Waals surface area contributed by atoms with Crippen molar-refractivity contribution in [1.82, 2.24) is 14.9 Å². The number of β-amino-alcohol motifs (C(OH)–C–C–N with tert-alkyl or cyclic N) is 1. The molecule has 0 bridgehead atoms. The van der Waals surface area contributed by atoms with Crippen molar-refractivity contribution in [1.29, 1.82) is 0 Å². The number of likely N-dealkylation sites (tertiary alicyclic amines) is 1. The van der Waals surface area contributed by atoms with Crippen LogP contribution in [-0.4, -0.2) is 39.2 Å². The molecule has 0 unspecified atom stereocenters. The second kappa shape index (κ2) is 4.48. The Hall–Kier alpha value is -1.00. The van der Waals surface area contributed by atoms with Gasteiger partial charge in [0.15, 0.2) is 0 Å². The van der Waals surface area contributed by atoms with Crippen LogP contribution in [-0.2, 0) is 6.54 Å². The first-order chi connectivity index (χ1) is 6.84. The van der Waals surface area contributed by atoms with E-state index in [1.165, 1.54) is 0 Å². The molecule has 1 aromatic heterocycles. The Labute approximate surface area is 83.6 Å². The fourth-order valence-corrected chi connectivity index (χ4v) is 1.79. The number of nitrogens with zero attached hydrogens (tertiary/aromatic N) is 3. The van der Waals surface area contributed by atoms with E-state index in [-0.39, 0.29) is 6.10 Å². The fourth-order valence-electron chi connectivity index (χ4n) is 1.79. The minimum absolute atomic E-state index is 0.174. The van der Waals surface area contributed by atoms with Gasteiger partial charge in [-0.1, -0.05) is 0 Å². The van der Waals surface area contributed by atoms with Crippen molar-refractivity contribution in [2.45, 2.75) is 25.5 Å².